The number of halogens is 2. The van der Waals surface area contributed by atoms with Crippen molar-refractivity contribution in [3.8, 4) is 0 Å². The zero-order chi connectivity index (χ0) is 12.8. The van der Waals surface area contributed by atoms with Crippen LogP contribution in [-0.4, -0.2) is 17.1 Å². The highest BCUT2D eigenvalue weighted by Crippen LogP contribution is 2.51. The molecule has 0 heterocycles. The lowest BCUT2D eigenvalue weighted by Crippen LogP contribution is -2.32. The van der Waals surface area contributed by atoms with Gasteiger partial charge in [0.25, 0.3) is 0 Å². The number of aromatic carboxylic acids is 1. The number of hydrogen-bond acceptors (Lipinski definition) is 2. The van der Waals surface area contributed by atoms with Gasteiger partial charge in [0, 0.05) is 17.5 Å². The highest BCUT2D eigenvalue weighted by atomic mass is 19.1. The van der Waals surface area contributed by atoms with Crippen LogP contribution < -0.4 is 5.73 Å². The average molecular weight is 241 g/mol. The molecule has 1 aromatic rings. The molecule has 0 amide bonds. The first kappa shape index (κ1) is 12.0. The second-order valence-electron chi connectivity index (χ2n) is 4.56. The number of carboxylic acid groups (broad SMARTS) is 1. The first-order valence-corrected chi connectivity index (χ1v) is 5.37. The van der Waals surface area contributed by atoms with Gasteiger partial charge in [-0.05, 0) is 31.4 Å². The van der Waals surface area contributed by atoms with Gasteiger partial charge in [-0.1, -0.05) is 0 Å². The van der Waals surface area contributed by atoms with E-state index in [4.69, 9.17) is 10.8 Å². The molecular weight excluding hydrogens is 228 g/mol. The summed E-state index contributed by atoms with van der Waals surface area (Å²) in [4.78, 5) is 10.8. The standard InChI is InChI=1S/C12H13F2NO2/c1-6(15)12(2-3-12)8-4-7(11(16)17)9(13)5-10(8)14/h4-6H,2-3,15H2,1H3,(H,16,17). The van der Waals surface area contributed by atoms with Gasteiger partial charge in [0.2, 0.25) is 0 Å². The van der Waals surface area contributed by atoms with E-state index in [1.165, 1.54) is 0 Å². The summed E-state index contributed by atoms with van der Waals surface area (Å²) in [7, 11) is 0. The second-order valence-corrected chi connectivity index (χ2v) is 4.56. The maximum atomic E-state index is 13.7. The third-order valence-corrected chi connectivity index (χ3v) is 3.48. The minimum atomic E-state index is -1.40. The van der Waals surface area contributed by atoms with E-state index in [0.29, 0.717) is 18.9 Å². The van der Waals surface area contributed by atoms with E-state index in [-0.39, 0.29) is 11.6 Å². The van der Waals surface area contributed by atoms with Crippen LogP contribution in [0, 0.1) is 11.6 Å². The number of benzene rings is 1. The fourth-order valence-corrected chi connectivity index (χ4v) is 2.20. The van der Waals surface area contributed by atoms with Gasteiger partial charge >= 0.3 is 5.97 Å². The van der Waals surface area contributed by atoms with Gasteiger partial charge in [-0.3, -0.25) is 0 Å². The summed E-state index contributed by atoms with van der Waals surface area (Å²) in [6, 6.07) is 1.41. The number of rotatable bonds is 3. The van der Waals surface area contributed by atoms with Crippen LogP contribution in [0.2, 0.25) is 0 Å². The molecule has 0 aromatic heterocycles. The Labute approximate surface area is 97.2 Å². The quantitative estimate of drug-likeness (QED) is 0.851. The Morgan fingerprint density at radius 3 is 2.41 bits per heavy atom. The van der Waals surface area contributed by atoms with Gasteiger partial charge in [0.05, 0.1) is 5.56 Å². The summed E-state index contributed by atoms with van der Waals surface area (Å²) >= 11 is 0. The fourth-order valence-electron chi connectivity index (χ4n) is 2.20. The molecule has 1 fully saturated rings. The molecule has 92 valence electrons. The number of hydrogen-bond donors (Lipinski definition) is 2. The minimum absolute atomic E-state index is 0.214. The van der Waals surface area contributed by atoms with Crippen molar-refractivity contribution in [3.63, 3.8) is 0 Å². The van der Waals surface area contributed by atoms with Crippen LogP contribution >= 0.6 is 0 Å². The van der Waals surface area contributed by atoms with Crippen LogP contribution in [-0.2, 0) is 5.41 Å². The van der Waals surface area contributed by atoms with Crippen molar-refractivity contribution in [1.29, 1.82) is 0 Å². The molecule has 0 aliphatic heterocycles. The highest BCUT2D eigenvalue weighted by Gasteiger charge is 2.49. The molecule has 1 aliphatic rings. The van der Waals surface area contributed by atoms with Crippen molar-refractivity contribution in [3.05, 3.63) is 34.9 Å². The number of carbonyl (C=O) groups is 1. The molecule has 1 saturated carbocycles. The molecule has 17 heavy (non-hydrogen) atoms. The second kappa shape index (κ2) is 3.77. The lowest BCUT2D eigenvalue weighted by molar-refractivity contribution is 0.0691. The molecule has 2 rings (SSSR count). The summed E-state index contributed by atoms with van der Waals surface area (Å²) in [6.45, 7) is 1.75. The summed E-state index contributed by atoms with van der Waals surface area (Å²) < 4.78 is 26.9. The molecule has 1 aliphatic carbocycles. The highest BCUT2D eigenvalue weighted by molar-refractivity contribution is 5.88. The molecule has 3 N–H and O–H groups in total. The van der Waals surface area contributed by atoms with Crippen molar-refractivity contribution >= 4 is 5.97 Å². The third kappa shape index (κ3) is 1.80. The van der Waals surface area contributed by atoms with Crippen molar-refractivity contribution in [2.45, 2.75) is 31.2 Å². The Morgan fingerprint density at radius 1 is 1.41 bits per heavy atom. The first-order valence-electron chi connectivity index (χ1n) is 5.37. The Balaban J connectivity index is 2.55. The molecule has 5 heteroatoms. The van der Waals surface area contributed by atoms with E-state index in [1.54, 1.807) is 6.92 Å². The van der Waals surface area contributed by atoms with Crippen molar-refractivity contribution in [1.82, 2.24) is 0 Å². The van der Waals surface area contributed by atoms with Gasteiger partial charge in [0.15, 0.2) is 0 Å². The van der Waals surface area contributed by atoms with Gasteiger partial charge < -0.3 is 10.8 Å². The summed E-state index contributed by atoms with van der Waals surface area (Å²) in [5.41, 5.74) is 4.97. The van der Waals surface area contributed by atoms with Crippen molar-refractivity contribution in [2.75, 3.05) is 0 Å². The Hall–Kier alpha value is -1.49. The Bertz CT molecular complexity index is 482. The molecule has 3 nitrogen and oxygen atoms in total. The minimum Gasteiger partial charge on any atom is -0.478 e. The van der Waals surface area contributed by atoms with E-state index in [2.05, 4.69) is 0 Å². The maximum Gasteiger partial charge on any atom is 0.338 e. The number of carboxylic acids is 1. The molecule has 0 saturated heterocycles. The molecule has 1 unspecified atom stereocenters. The smallest absolute Gasteiger partial charge is 0.338 e. The summed E-state index contributed by atoms with van der Waals surface area (Å²) in [6.07, 6.45) is 1.40. The Morgan fingerprint density at radius 2 is 2.00 bits per heavy atom. The predicted octanol–water partition coefficient (Wildman–Crippen LogP) is 2.04. The van der Waals surface area contributed by atoms with Crippen LogP contribution in [0.5, 0.6) is 0 Å². The van der Waals surface area contributed by atoms with Gasteiger partial charge in [-0.2, -0.15) is 0 Å². The molecule has 0 radical (unpaired) electrons. The normalized spacial score (nSPS) is 18.8. The van der Waals surface area contributed by atoms with E-state index in [0.717, 1.165) is 6.07 Å². The molecular formula is C12H13F2NO2. The van der Waals surface area contributed by atoms with Crippen molar-refractivity contribution in [2.24, 2.45) is 5.73 Å². The molecule has 1 atom stereocenters. The lowest BCUT2D eigenvalue weighted by atomic mass is 9.88. The largest absolute Gasteiger partial charge is 0.478 e. The molecule has 1 aromatic carbocycles. The lowest BCUT2D eigenvalue weighted by Gasteiger charge is -2.21. The topological polar surface area (TPSA) is 63.3 Å². The van der Waals surface area contributed by atoms with E-state index in [9.17, 15) is 13.6 Å². The van der Waals surface area contributed by atoms with E-state index in [1.807, 2.05) is 0 Å². The van der Waals surface area contributed by atoms with Crippen LogP contribution in [0.15, 0.2) is 12.1 Å². The van der Waals surface area contributed by atoms with Crippen molar-refractivity contribution < 1.29 is 18.7 Å². The van der Waals surface area contributed by atoms with E-state index >= 15 is 0 Å². The summed E-state index contributed by atoms with van der Waals surface area (Å²) in [5, 5.41) is 8.81. The van der Waals surface area contributed by atoms with Crippen LogP contribution in [0.25, 0.3) is 0 Å². The summed E-state index contributed by atoms with van der Waals surface area (Å²) in [5.74, 6) is -3.18. The van der Waals surface area contributed by atoms with Crippen LogP contribution in [0.3, 0.4) is 0 Å². The number of nitrogens with two attached hydrogens (primary N) is 1. The monoisotopic (exact) mass is 241 g/mol. The molecule has 0 spiro atoms. The average Bonchev–Trinajstić information content (AvgIpc) is 2.97. The van der Waals surface area contributed by atoms with Crippen LogP contribution in [0.4, 0.5) is 8.78 Å². The van der Waals surface area contributed by atoms with E-state index < -0.39 is 28.6 Å². The van der Waals surface area contributed by atoms with Gasteiger partial charge in [0.1, 0.15) is 11.6 Å². The SMILES string of the molecule is CC(N)C1(c2cc(C(=O)O)c(F)cc2F)CC1. The fraction of sp³-hybridized carbons (Fsp3) is 0.417. The molecule has 0 bridgehead atoms. The van der Waals surface area contributed by atoms with Gasteiger partial charge in [-0.25, -0.2) is 13.6 Å². The van der Waals surface area contributed by atoms with Gasteiger partial charge in [-0.15, -0.1) is 0 Å². The maximum absolute atomic E-state index is 13.7. The first-order chi connectivity index (χ1) is 7.88. The van der Waals surface area contributed by atoms with Crippen LogP contribution in [0.1, 0.15) is 35.7 Å². The Kier molecular flexibility index (Phi) is 2.66. The zero-order valence-corrected chi connectivity index (χ0v) is 9.34. The zero-order valence-electron chi connectivity index (χ0n) is 9.34. The third-order valence-electron chi connectivity index (χ3n) is 3.48. The predicted molar refractivity (Wildman–Crippen MR) is 57.9 cm³/mol.